The van der Waals surface area contributed by atoms with Crippen molar-refractivity contribution in [1.29, 1.82) is 0 Å². The number of aliphatic imine (C=N–C) groups is 1. The highest BCUT2D eigenvalue weighted by Gasteiger charge is 2.14. The maximum Gasteiger partial charge on any atom is 0.191 e. The molecule has 0 unspecified atom stereocenters. The van der Waals surface area contributed by atoms with E-state index < -0.39 is 0 Å². The molecule has 2 aromatic carbocycles. The minimum absolute atomic E-state index is 0. The van der Waals surface area contributed by atoms with Crippen LogP contribution in [-0.2, 0) is 6.54 Å². The molecule has 148 valence electrons. The Balaban J connectivity index is 0.00000280. The van der Waals surface area contributed by atoms with Gasteiger partial charge in [-0.25, -0.2) is 9.98 Å². The lowest BCUT2D eigenvalue weighted by molar-refractivity contribution is 0.729. The van der Waals surface area contributed by atoms with Crippen LogP contribution in [0, 0.1) is 6.92 Å². The minimum Gasteiger partial charge on any atom is -0.357 e. The number of nitrogens with one attached hydrogen (secondary N) is 2. The summed E-state index contributed by atoms with van der Waals surface area (Å²) < 4.78 is 0. The van der Waals surface area contributed by atoms with Crippen molar-refractivity contribution < 1.29 is 0 Å². The van der Waals surface area contributed by atoms with Gasteiger partial charge in [0.1, 0.15) is 5.01 Å². The van der Waals surface area contributed by atoms with Crippen molar-refractivity contribution in [3.05, 3.63) is 87.9 Å². The van der Waals surface area contributed by atoms with Gasteiger partial charge in [-0.2, -0.15) is 0 Å². The molecule has 3 aromatic rings. The quantitative estimate of drug-likeness (QED) is 0.271. The number of hydrogen-bond donors (Lipinski definition) is 2. The van der Waals surface area contributed by atoms with E-state index in [1.54, 1.807) is 11.3 Å². The predicted octanol–water partition coefficient (Wildman–Crippen LogP) is 4.96. The number of hydrogen-bond acceptors (Lipinski definition) is 3. The lowest BCUT2D eigenvalue weighted by atomic mass is 9.91. The number of thiazole rings is 1. The van der Waals surface area contributed by atoms with Crippen LogP contribution in [0.2, 0.25) is 0 Å². The first-order chi connectivity index (χ1) is 13.3. The van der Waals surface area contributed by atoms with E-state index in [9.17, 15) is 0 Å². The SMILES string of the molecule is CCNC(=NCc1ncc(C)s1)NCC(c1ccccc1)c1ccccc1.I. The number of aromatic nitrogens is 1. The monoisotopic (exact) mass is 506 g/mol. The first-order valence-corrected chi connectivity index (χ1v) is 10.1. The van der Waals surface area contributed by atoms with Crippen LogP contribution in [-0.4, -0.2) is 24.0 Å². The Morgan fingerprint density at radius 2 is 1.61 bits per heavy atom. The predicted molar refractivity (Wildman–Crippen MR) is 130 cm³/mol. The van der Waals surface area contributed by atoms with E-state index in [0.29, 0.717) is 6.54 Å². The zero-order valence-corrected chi connectivity index (χ0v) is 19.4. The molecule has 0 fully saturated rings. The summed E-state index contributed by atoms with van der Waals surface area (Å²) in [6.45, 7) is 6.34. The average molecular weight is 506 g/mol. The van der Waals surface area contributed by atoms with Crippen LogP contribution in [0.15, 0.2) is 71.9 Å². The summed E-state index contributed by atoms with van der Waals surface area (Å²) >= 11 is 1.69. The number of aryl methyl sites for hydroxylation is 1. The zero-order valence-electron chi connectivity index (χ0n) is 16.3. The molecule has 1 aromatic heterocycles. The van der Waals surface area contributed by atoms with E-state index in [0.717, 1.165) is 24.1 Å². The normalized spacial score (nSPS) is 11.2. The molecular weight excluding hydrogens is 479 g/mol. The third-order valence-corrected chi connectivity index (χ3v) is 5.16. The van der Waals surface area contributed by atoms with Gasteiger partial charge in [-0.05, 0) is 25.0 Å². The zero-order chi connectivity index (χ0) is 18.9. The summed E-state index contributed by atoms with van der Waals surface area (Å²) in [6, 6.07) is 21.2. The molecule has 0 saturated heterocycles. The van der Waals surface area contributed by atoms with Gasteiger partial charge in [-0.1, -0.05) is 60.7 Å². The highest BCUT2D eigenvalue weighted by atomic mass is 127. The summed E-state index contributed by atoms with van der Waals surface area (Å²) in [5, 5.41) is 7.88. The molecule has 0 atom stereocenters. The Morgan fingerprint density at radius 1 is 1.00 bits per heavy atom. The molecule has 4 nitrogen and oxygen atoms in total. The van der Waals surface area contributed by atoms with Crippen molar-refractivity contribution in [2.75, 3.05) is 13.1 Å². The number of rotatable bonds is 7. The molecule has 0 saturated carbocycles. The fraction of sp³-hybridized carbons (Fsp3) is 0.273. The number of halogens is 1. The van der Waals surface area contributed by atoms with Crippen molar-refractivity contribution in [2.24, 2.45) is 4.99 Å². The molecular formula is C22H27IN4S. The Hall–Kier alpha value is -1.93. The maximum atomic E-state index is 4.70. The topological polar surface area (TPSA) is 49.3 Å². The Labute approximate surface area is 188 Å². The Kier molecular flexibility index (Phi) is 9.43. The molecule has 0 spiro atoms. The number of guanidine groups is 1. The van der Waals surface area contributed by atoms with Gasteiger partial charge in [0.05, 0.1) is 6.54 Å². The maximum absolute atomic E-state index is 4.70. The highest BCUT2D eigenvalue weighted by molar-refractivity contribution is 14.0. The molecule has 0 bridgehead atoms. The van der Waals surface area contributed by atoms with Crippen LogP contribution < -0.4 is 10.6 Å². The van der Waals surface area contributed by atoms with Gasteiger partial charge in [-0.3, -0.25) is 0 Å². The van der Waals surface area contributed by atoms with Gasteiger partial charge < -0.3 is 10.6 Å². The number of nitrogens with zero attached hydrogens (tertiary/aromatic N) is 2. The third-order valence-electron chi connectivity index (χ3n) is 4.26. The fourth-order valence-electron chi connectivity index (χ4n) is 2.96. The lowest BCUT2D eigenvalue weighted by Gasteiger charge is -2.20. The Morgan fingerprint density at radius 3 is 2.11 bits per heavy atom. The summed E-state index contributed by atoms with van der Waals surface area (Å²) in [7, 11) is 0. The molecule has 0 aliphatic carbocycles. The van der Waals surface area contributed by atoms with Gasteiger partial charge >= 0.3 is 0 Å². The lowest BCUT2D eigenvalue weighted by Crippen LogP contribution is -2.39. The average Bonchev–Trinajstić information content (AvgIpc) is 3.13. The van der Waals surface area contributed by atoms with E-state index >= 15 is 0 Å². The van der Waals surface area contributed by atoms with Crippen molar-refractivity contribution in [3.63, 3.8) is 0 Å². The molecule has 28 heavy (non-hydrogen) atoms. The van der Waals surface area contributed by atoms with Crippen LogP contribution in [0.3, 0.4) is 0 Å². The van der Waals surface area contributed by atoms with Crippen LogP contribution in [0.5, 0.6) is 0 Å². The summed E-state index contributed by atoms with van der Waals surface area (Å²) in [4.78, 5) is 10.3. The van der Waals surface area contributed by atoms with Crippen LogP contribution in [0.1, 0.15) is 33.9 Å². The van der Waals surface area contributed by atoms with Crippen molar-refractivity contribution in [2.45, 2.75) is 26.3 Å². The Bertz CT molecular complexity index is 810. The summed E-state index contributed by atoms with van der Waals surface area (Å²) in [5.74, 6) is 1.08. The molecule has 3 rings (SSSR count). The van der Waals surface area contributed by atoms with E-state index in [1.807, 2.05) is 6.20 Å². The highest BCUT2D eigenvalue weighted by Crippen LogP contribution is 2.23. The molecule has 0 aliphatic rings. The van der Waals surface area contributed by atoms with Crippen molar-refractivity contribution in [3.8, 4) is 0 Å². The molecule has 0 radical (unpaired) electrons. The second-order valence-electron chi connectivity index (χ2n) is 6.31. The van der Waals surface area contributed by atoms with E-state index in [4.69, 9.17) is 4.99 Å². The minimum atomic E-state index is 0. The molecule has 6 heteroatoms. The van der Waals surface area contributed by atoms with Crippen molar-refractivity contribution in [1.82, 2.24) is 15.6 Å². The largest absolute Gasteiger partial charge is 0.357 e. The van der Waals surface area contributed by atoms with Crippen LogP contribution in [0.4, 0.5) is 0 Å². The van der Waals surface area contributed by atoms with Gasteiger partial charge in [0.15, 0.2) is 5.96 Å². The van der Waals surface area contributed by atoms with E-state index in [2.05, 4.69) is 90.1 Å². The standard InChI is InChI=1S/C22H26N4S.HI/c1-3-23-22(26-16-21-24-14-17(2)27-21)25-15-20(18-10-6-4-7-11-18)19-12-8-5-9-13-19;/h4-14,20H,3,15-16H2,1-2H3,(H2,23,25,26);1H. The second-order valence-corrected chi connectivity index (χ2v) is 7.63. The van der Waals surface area contributed by atoms with Gasteiger partial charge in [0.25, 0.3) is 0 Å². The smallest absolute Gasteiger partial charge is 0.191 e. The summed E-state index contributed by atoms with van der Waals surface area (Å²) in [5.41, 5.74) is 2.59. The summed E-state index contributed by atoms with van der Waals surface area (Å²) in [6.07, 6.45) is 1.90. The van der Waals surface area contributed by atoms with Crippen LogP contribution >= 0.6 is 35.3 Å². The second kappa shape index (κ2) is 11.8. The first kappa shape index (κ1) is 22.4. The van der Waals surface area contributed by atoms with Crippen molar-refractivity contribution >= 4 is 41.3 Å². The third kappa shape index (κ3) is 6.60. The number of benzene rings is 2. The first-order valence-electron chi connectivity index (χ1n) is 9.29. The molecule has 0 amide bonds. The molecule has 1 heterocycles. The fourth-order valence-corrected chi connectivity index (χ4v) is 3.67. The van der Waals surface area contributed by atoms with Gasteiger partial charge in [0.2, 0.25) is 0 Å². The van der Waals surface area contributed by atoms with Gasteiger partial charge in [0, 0.05) is 30.1 Å². The molecule has 0 aliphatic heterocycles. The van der Waals surface area contributed by atoms with Gasteiger partial charge in [-0.15, -0.1) is 35.3 Å². The van der Waals surface area contributed by atoms with E-state index in [1.165, 1.54) is 16.0 Å². The van der Waals surface area contributed by atoms with E-state index in [-0.39, 0.29) is 29.9 Å². The van der Waals surface area contributed by atoms with Crippen LogP contribution in [0.25, 0.3) is 0 Å². The molecule has 2 N–H and O–H groups in total.